The number of fused-ring (bicyclic) bond motifs is 2. The number of imidazole rings is 1. The Morgan fingerprint density at radius 2 is 1.85 bits per heavy atom. The summed E-state index contributed by atoms with van der Waals surface area (Å²) in [6, 6.07) is 16.0. The van der Waals surface area contributed by atoms with Gasteiger partial charge in [0.1, 0.15) is 11.3 Å². The number of nitrogens with one attached hydrogen (secondary N) is 2. The molecule has 2 N–H and O–H groups in total. The van der Waals surface area contributed by atoms with Crippen LogP contribution in [0.1, 0.15) is 13.3 Å². The van der Waals surface area contributed by atoms with Gasteiger partial charge in [0.05, 0.1) is 29.0 Å². The number of hydrogen-bond donors (Lipinski definition) is 2. The van der Waals surface area contributed by atoms with E-state index in [-0.39, 0.29) is 4.90 Å². The Bertz CT molecular complexity index is 1220. The first kappa shape index (κ1) is 17.4. The van der Waals surface area contributed by atoms with Crippen LogP contribution in [-0.2, 0) is 10.0 Å². The van der Waals surface area contributed by atoms with Crippen molar-refractivity contribution in [1.82, 2.24) is 9.97 Å². The molecule has 0 saturated heterocycles. The van der Waals surface area contributed by atoms with Crippen molar-refractivity contribution in [2.45, 2.75) is 18.2 Å². The third kappa shape index (κ3) is 3.21. The first-order valence-corrected chi connectivity index (χ1v) is 10.2. The summed E-state index contributed by atoms with van der Waals surface area (Å²) in [7, 11) is -3.81. The fraction of sp³-hybridized carbons (Fsp3) is 0.150. The minimum Gasteiger partial charge on any atom is -0.493 e. The molecule has 0 spiro atoms. The molecule has 0 radical (unpaired) electrons. The number of nitrogens with zero attached hydrogens (tertiary/aromatic N) is 1. The Morgan fingerprint density at radius 1 is 1.04 bits per heavy atom. The molecule has 0 bridgehead atoms. The lowest BCUT2D eigenvalue weighted by molar-refractivity contribution is 0.321. The van der Waals surface area contributed by atoms with Crippen LogP contribution >= 0.6 is 0 Å². The number of H-pyrrole nitrogens is 1. The van der Waals surface area contributed by atoms with Gasteiger partial charge in [-0.1, -0.05) is 37.3 Å². The molecule has 1 heterocycles. The highest BCUT2D eigenvalue weighted by molar-refractivity contribution is 7.93. The molecule has 0 unspecified atom stereocenters. The highest BCUT2D eigenvalue weighted by Gasteiger charge is 2.20. The average molecular weight is 381 g/mol. The number of para-hydroxylation sites is 1. The fourth-order valence-corrected chi connectivity index (χ4v) is 4.34. The number of aromatic nitrogens is 2. The number of sulfonamides is 1. The van der Waals surface area contributed by atoms with Gasteiger partial charge in [-0.3, -0.25) is 4.72 Å². The Labute approximate surface area is 157 Å². The Kier molecular flexibility index (Phi) is 4.45. The molecule has 27 heavy (non-hydrogen) atoms. The predicted octanol–water partition coefficient (Wildman–Crippen LogP) is 4.31. The Hall–Kier alpha value is -3.06. The van der Waals surface area contributed by atoms with Crippen LogP contribution in [0.4, 0.5) is 5.69 Å². The van der Waals surface area contributed by atoms with E-state index in [2.05, 4.69) is 14.7 Å². The van der Waals surface area contributed by atoms with Crippen LogP contribution in [0.5, 0.6) is 5.75 Å². The van der Waals surface area contributed by atoms with Crippen molar-refractivity contribution < 1.29 is 13.2 Å². The zero-order valence-electron chi connectivity index (χ0n) is 14.8. The molecule has 0 saturated carbocycles. The van der Waals surface area contributed by atoms with E-state index in [1.54, 1.807) is 30.3 Å². The SMILES string of the molecule is CCCOc1ccc(S(=O)(=O)Nc2cccc3[nH]cnc23)c2ccccc12. The molecular weight excluding hydrogens is 362 g/mol. The number of anilines is 1. The van der Waals surface area contributed by atoms with Crippen LogP contribution in [-0.4, -0.2) is 25.0 Å². The van der Waals surface area contributed by atoms with E-state index >= 15 is 0 Å². The molecule has 6 nitrogen and oxygen atoms in total. The Balaban J connectivity index is 1.80. The van der Waals surface area contributed by atoms with Crippen molar-refractivity contribution >= 4 is 37.5 Å². The largest absolute Gasteiger partial charge is 0.493 e. The summed E-state index contributed by atoms with van der Waals surface area (Å²) in [5.41, 5.74) is 1.78. The molecule has 0 fully saturated rings. The van der Waals surface area contributed by atoms with E-state index in [1.807, 2.05) is 31.2 Å². The molecule has 0 aliphatic heterocycles. The van der Waals surface area contributed by atoms with Gasteiger partial charge in [-0.15, -0.1) is 0 Å². The highest BCUT2D eigenvalue weighted by atomic mass is 32.2. The molecule has 7 heteroatoms. The zero-order chi connectivity index (χ0) is 18.9. The molecule has 3 aromatic carbocycles. The number of benzene rings is 3. The number of rotatable bonds is 6. The van der Waals surface area contributed by atoms with Crippen molar-refractivity contribution in [1.29, 1.82) is 0 Å². The normalized spacial score (nSPS) is 11.7. The summed E-state index contributed by atoms with van der Waals surface area (Å²) in [4.78, 5) is 7.39. The van der Waals surface area contributed by atoms with E-state index in [0.717, 1.165) is 17.3 Å². The van der Waals surface area contributed by atoms with Crippen molar-refractivity contribution in [2.75, 3.05) is 11.3 Å². The minimum absolute atomic E-state index is 0.203. The molecule has 0 atom stereocenters. The van der Waals surface area contributed by atoms with Gasteiger partial charge < -0.3 is 9.72 Å². The topological polar surface area (TPSA) is 84.1 Å². The second kappa shape index (κ2) is 6.92. The Morgan fingerprint density at radius 3 is 2.67 bits per heavy atom. The van der Waals surface area contributed by atoms with E-state index in [1.165, 1.54) is 6.33 Å². The number of aromatic amines is 1. The van der Waals surface area contributed by atoms with Gasteiger partial charge in [0.25, 0.3) is 10.0 Å². The number of ether oxygens (including phenoxy) is 1. The van der Waals surface area contributed by atoms with Crippen molar-refractivity contribution in [3.05, 3.63) is 60.9 Å². The third-order valence-electron chi connectivity index (χ3n) is 4.29. The van der Waals surface area contributed by atoms with E-state index in [9.17, 15) is 8.42 Å². The second-order valence-corrected chi connectivity index (χ2v) is 7.82. The lowest BCUT2D eigenvalue weighted by atomic mass is 10.1. The summed E-state index contributed by atoms with van der Waals surface area (Å²) in [6.07, 6.45) is 2.42. The van der Waals surface area contributed by atoms with Crippen LogP contribution in [0.15, 0.2) is 65.8 Å². The van der Waals surface area contributed by atoms with Gasteiger partial charge in [0, 0.05) is 10.8 Å². The molecule has 0 aliphatic rings. The van der Waals surface area contributed by atoms with E-state index in [4.69, 9.17) is 4.74 Å². The molecular formula is C20H19N3O3S. The minimum atomic E-state index is -3.81. The quantitative estimate of drug-likeness (QED) is 0.521. The zero-order valence-corrected chi connectivity index (χ0v) is 15.6. The average Bonchev–Trinajstić information content (AvgIpc) is 3.15. The monoisotopic (exact) mass is 381 g/mol. The molecule has 4 rings (SSSR count). The molecule has 0 amide bonds. The first-order chi connectivity index (χ1) is 13.1. The number of hydrogen-bond acceptors (Lipinski definition) is 4. The van der Waals surface area contributed by atoms with E-state index < -0.39 is 10.0 Å². The summed E-state index contributed by atoms with van der Waals surface area (Å²) >= 11 is 0. The lowest BCUT2D eigenvalue weighted by Gasteiger charge is -2.14. The first-order valence-electron chi connectivity index (χ1n) is 8.69. The van der Waals surface area contributed by atoms with Gasteiger partial charge in [-0.25, -0.2) is 13.4 Å². The standard InChI is InChI=1S/C20H19N3O3S/c1-2-12-26-18-10-11-19(15-7-4-3-6-14(15)18)27(24,25)23-17-9-5-8-16-20(17)22-13-21-16/h3-11,13,23H,2,12H2,1H3,(H,21,22). The molecule has 1 aromatic heterocycles. The highest BCUT2D eigenvalue weighted by Crippen LogP contribution is 2.32. The summed E-state index contributed by atoms with van der Waals surface area (Å²) in [6.45, 7) is 2.61. The van der Waals surface area contributed by atoms with Crippen LogP contribution in [0.2, 0.25) is 0 Å². The van der Waals surface area contributed by atoms with Gasteiger partial charge in [-0.2, -0.15) is 0 Å². The van der Waals surface area contributed by atoms with Crippen LogP contribution in [0, 0.1) is 0 Å². The smallest absolute Gasteiger partial charge is 0.262 e. The van der Waals surface area contributed by atoms with Gasteiger partial charge in [0.2, 0.25) is 0 Å². The second-order valence-electron chi connectivity index (χ2n) is 6.17. The molecule has 0 aliphatic carbocycles. The fourth-order valence-electron chi connectivity index (χ4n) is 3.06. The van der Waals surface area contributed by atoms with E-state index in [0.29, 0.717) is 28.9 Å². The molecule has 138 valence electrons. The maximum absolute atomic E-state index is 13.1. The van der Waals surface area contributed by atoms with Crippen LogP contribution in [0.3, 0.4) is 0 Å². The predicted molar refractivity (Wildman–Crippen MR) is 107 cm³/mol. The summed E-state index contributed by atoms with van der Waals surface area (Å²) in [5.74, 6) is 0.681. The molecule has 4 aromatic rings. The van der Waals surface area contributed by atoms with Gasteiger partial charge in [0.15, 0.2) is 0 Å². The van der Waals surface area contributed by atoms with Crippen molar-refractivity contribution in [3.8, 4) is 5.75 Å². The lowest BCUT2D eigenvalue weighted by Crippen LogP contribution is -2.14. The van der Waals surface area contributed by atoms with Gasteiger partial charge >= 0.3 is 0 Å². The van der Waals surface area contributed by atoms with Crippen molar-refractivity contribution in [3.63, 3.8) is 0 Å². The third-order valence-corrected chi connectivity index (χ3v) is 5.71. The van der Waals surface area contributed by atoms with Crippen molar-refractivity contribution in [2.24, 2.45) is 0 Å². The van der Waals surface area contributed by atoms with Crippen LogP contribution < -0.4 is 9.46 Å². The maximum atomic E-state index is 13.1. The van der Waals surface area contributed by atoms with Gasteiger partial charge in [-0.05, 0) is 30.7 Å². The summed E-state index contributed by atoms with van der Waals surface area (Å²) < 4.78 is 34.7. The summed E-state index contributed by atoms with van der Waals surface area (Å²) in [5, 5.41) is 1.39. The van der Waals surface area contributed by atoms with Crippen LogP contribution in [0.25, 0.3) is 21.8 Å². The maximum Gasteiger partial charge on any atom is 0.262 e.